The molecule has 1 N–H and O–H groups in total. The van der Waals surface area contributed by atoms with Gasteiger partial charge in [0.15, 0.2) is 0 Å². The maximum atomic E-state index is 12.7. The molecular formula is C20H29N3O5. The first-order valence-electron chi connectivity index (χ1n) is 10.1. The number of amides is 2. The number of fused-ring (bicyclic) bond motifs is 1. The lowest BCUT2D eigenvalue weighted by atomic mass is 9.75. The van der Waals surface area contributed by atoms with E-state index in [1.54, 1.807) is 0 Å². The summed E-state index contributed by atoms with van der Waals surface area (Å²) < 4.78 is 10.5. The van der Waals surface area contributed by atoms with E-state index in [2.05, 4.69) is 4.90 Å². The topological polar surface area (TPSA) is 86.5 Å². The van der Waals surface area contributed by atoms with Crippen LogP contribution in [0.25, 0.3) is 0 Å². The molecule has 3 fully saturated rings. The molecule has 0 unspecified atom stereocenters. The number of rotatable bonds is 3. The molecule has 8 heteroatoms. The third-order valence-electron chi connectivity index (χ3n) is 6.45. The molecule has 2 amide bonds. The van der Waals surface area contributed by atoms with Gasteiger partial charge in [0.1, 0.15) is 12.0 Å². The number of aliphatic hydroxyl groups is 1. The molecule has 1 aromatic heterocycles. The highest BCUT2D eigenvalue weighted by molar-refractivity contribution is 5.74. The Kier molecular flexibility index (Phi) is 5.33. The summed E-state index contributed by atoms with van der Waals surface area (Å²) in [5.41, 5.74) is -0.906. The lowest BCUT2D eigenvalue weighted by molar-refractivity contribution is -0.109. The Balaban J connectivity index is 1.40. The number of ether oxygens (including phenoxy) is 1. The summed E-state index contributed by atoms with van der Waals surface area (Å²) >= 11 is 0. The van der Waals surface area contributed by atoms with E-state index in [4.69, 9.17) is 9.15 Å². The van der Waals surface area contributed by atoms with Crippen molar-refractivity contribution in [2.75, 3.05) is 46.4 Å². The second-order valence-corrected chi connectivity index (χ2v) is 8.24. The zero-order valence-corrected chi connectivity index (χ0v) is 16.4. The van der Waals surface area contributed by atoms with E-state index in [-0.39, 0.29) is 23.1 Å². The molecule has 3 aliphatic heterocycles. The van der Waals surface area contributed by atoms with Crippen molar-refractivity contribution in [3.05, 3.63) is 28.3 Å². The van der Waals surface area contributed by atoms with Crippen LogP contribution in [-0.4, -0.2) is 77.8 Å². The molecule has 2 atom stereocenters. The number of hydrogen-bond acceptors (Lipinski definition) is 6. The highest BCUT2D eigenvalue weighted by atomic mass is 16.5. The molecule has 4 rings (SSSR count). The molecule has 8 nitrogen and oxygen atoms in total. The van der Waals surface area contributed by atoms with Crippen molar-refractivity contribution in [3.8, 4) is 5.75 Å². The van der Waals surface area contributed by atoms with Crippen molar-refractivity contribution in [2.45, 2.75) is 37.8 Å². The smallest absolute Gasteiger partial charge is 0.320 e. The minimum atomic E-state index is -0.709. The van der Waals surface area contributed by atoms with E-state index >= 15 is 0 Å². The third kappa shape index (κ3) is 3.75. The molecule has 0 bridgehead atoms. The van der Waals surface area contributed by atoms with E-state index in [0.717, 1.165) is 32.5 Å². The minimum Gasteiger partial charge on any atom is -0.490 e. The van der Waals surface area contributed by atoms with Gasteiger partial charge in [-0.15, -0.1) is 0 Å². The quantitative estimate of drug-likeness (QED) is 0.831. The normalized spacial score (nSPS) is 28.3. The Bertz CT molecular complexity index is 775. The van der Waals surface area contributed by atoms with Crippen LogP contribution in [0, 0.1) is 5.92 Å². The SMILES string of the molecule is COc1coc(CN2CC[C@@]3(O)CCN(C(=O)N4CCCC4)C[C@H]3C2)cc1=O. The van der Waals surface area contributed by atoms with Crippen molar-refractivity contribution in [2.24, 2.45) is 5.92 Å². The van der Waals surface area contributed by atoms with Crippen LogP contribution >= 0.6 is 0 Å². The monoisotopic (exact) mass is 391 g/mol. The molecule has 0 radical (unpaired) electrons. The van der Waals surface area contributed by atoms with E-state index in [1.807, 2.05) is 9.80 Å². The highest BCUT2D eigenvalue weighted by Gasteiger charge is 2.46. The van der Waals surface area contributed by atoms with Gasteiger partial charge in [-0.2, -0.15) is 0 Å². The van der Waals surface area contributed by atoms with Gasteiger partial charge in [0.25, 0.3) is 0 Å². The van der Waals surface area contributed by atoms with Gasteiger partial charge < -0.3 is 24.1 Å². The maximum Gasteiger partial charge on any atom is 0.320 e. The summed E-state index contributed by atoms with van der Waals surface area (Å²) in [5, 5.41) is 11.1. The zero-order chi connectivity index (χ0) is 19.7. The minimum absolute atomic E-state index is 0.00604. The maximum absolute atomic E-state index is 12.7. The van der Waals surface area contributed by atoms with Crippen molar-refractivity contribution >= 4 is 6.03 Å². The van der Waals surface area contributed by atoms with E-state index in [9.17, 15) is 14.7 Å². The van der Waals surface area contributed by atoms with Crippen LogP contribution in [0.4, 0.5) is 4.79 Å². The average molecular weight is 391 g/mol. The number of likely N-dealkylation sites (tertiary alicyclic amines) is 3. The average Bonchev–Trinajstić information content (AvgIpc) is 3.22. The largest absolute Gasteiger partial charge is 0.490 e. The second-order valence-electron chi connectivity index (χ2n) is 8.24. The molecule has 28 heavy (non-hydrogen) atoms. The summed E-state index contributed by atoms with van der Waals surface area (Å²) in [6.07, 6.45) is 4.79. The first kappa shape index (κ1) is 19.3. The molecule has 0 aliphatic carbocycles. The van der Waals surface area contributed by atoms with E-state index < -0.39 is 5.60 Å². The van der Waals surface area contributed by atoms with Crippen LogP contribution < -0.4 is 10.2 Å². The highest BCUT2D eigenvalue weighted by Crippen LogP contribution is 2.36. The number of piperidine rings is 2. The first-order valence-corrected chi connectivity index (χ1v) is 10.1. The van der Waals surface area contributed by atoms with Crippen LogP contribution in [0.3, 0.4) is 0 Å². The van der Waals surface area contributed by atoms with Crippen molar-refractivity contribution in [3.63, 3.8) is 0 Å². The van der Waals surface area contributed by atoms with E-state index in [1.165, 1.54) is 19.4 Å². The summed E-state index contributed by atoms with van der Waals surface area (Å²) in [6.45, 7) is 4.80. The Labute approximate surface area is 164 Å². The van der Waals surface area contributed by atoms with Gasteiger partial charge in [-0.25, -0.2) is 4.79 Å². The molecular weight excluding hydrogens is 362 g/mol. The lowest BCUT2D eigenvalue weighted by Crippen LogP contribution is -2.61. The van der Waals surface area contributed by atoms with Crippen LogP contribution in [-0.2, 0) is 6.54 Å². The fraction of sp³-hybridized carbons (Fsp3) is 0.700. The van der Waals surface area contributed by atoms with Crippen molar-refractivity contribution in [1.82, 2.24) is 14.7 Å². The summed E-state index contributed by atoms with van der Waals surface area (Å²) in [7, 11) is 1.44. The summed E-state index contributed by atoms with van der Waals surface area (Å²) in [4.78, 5) is 30.7. The molecule has 0 saturated carbocycles. The fourth-order valence-corrected chi connectivity index (χ4v) is 4.69. The molecule has 154 valence electrons. The van der Waals surface area contributed by atoms with Crippen LogP contribution in [0.1, 0.15) is 31.4 Å². The standard InChI is InChI=1S/C20H29N3O5/c1-27-18-14-28-16(10-17(18)24)13-21-8-4-20(26)5-9-23(12-15(20)11-21)19(25)22-6-2-3-7-22/h10,14-15,26H,2-9,11-13H2,1H3/t15-,20-/m1/s1. The predicted molar refractivity (Wildman–Crippen MR) is 102 cm³/mol. The Morgan fingerprint density at radius 1 is 1.21 bits per heavy atom. The Morgan fingerprint density at radius 3 is 2.68 bits per heavy atom. The van der Waals surface area contributed by atoms with Crippen molar-refractivity contribution in [1.29, 1.82) is 0 Å². The number of carbonyl (C=O) groups is 1. The first-order chi connectivity index (χ1) is 13.5. The van der Waals surface area contributed by atoms with Gasteiger partial charge in [-0.05, 0) is 25.7 Å². The van der Waals surface area contributed by atoms with Crippen LogP contribution in [0.5, 0.6) is 5.75 Å². The van der Waals surface area contributed by atoms with Crippen LogP contribution in [0.15, 0.2) is 21.5 Å². The van der Waals surface area contributed by atoms with E-state index in [0.29, 0.717) is 44.8 Å². The molecule has 0 aromatic carbocycles. The number of hydrogen-bond donors (Lipinski definition) is 1. The molecule has 3 aliphatic rings. The number of urea groups is 1. The van der Waals surface area contributed by atoms with Gasteiger partial charge in [-0.1, -0.05) is 0 Å². The van der Waals surface area contributed by atoms with Gasteiger partial charge >= 0.3 is 6.03 Å². The number of methoxy groups -OCH3 is 1. The fourth-order valence-electron chi connectivity index (χ4n) is 4.69. The van der Waals surface area contributed by atoms with Crippen molar-refractivity contribution < 1.29 is 19.1 Å². The zero-order valence-electron chi connectivity index (χ0n) is 16.4. The summed E-state index contributed by atoms with van der Waals surface area (Å²) in [6, 6.07) is 1.57. The second kappa shape index (κ2) is 7.75. The number of nitrogens with zero attached hydrogens (tertiary/aromatic N) is 3. The van der Waals surface area contributed by atoms with Crippen LogP contribution in [0.2, 0.25) is 0 Å². The molecule has 3 saturated heterocycles. The number of carbonyl (C=O) groups excluding carboxylic acids is 1. The summed E-state index contributed by atoms with van der Waals surface area (Å²) in [5.74, 6) is 0.781. The third-order valence-corrected chi connectivity index (χ3v) is 6.45. The molecule has 0 spiro atoms. The van der Waals surface area contributed by atoms with Gasteiger partial charge in [0, 0.05) is 51.3 Å². The molecule has 1 aromatic rings. The Hall–Kier alpha value is -2.06. The van der Waals surface area contributed by atoms with Gasteiger partial charge in [0.2, 0.25) is 11.2 Å². The Morgan fingerprint density at radius 2 is 1.96 bits per heavy atom. The lowest BCUT2D eigenvalue weighted by Gasteiger charge is -2.50. The molecule has 4 heterocycles. The van der Waals surface area contributed by atoms with Gasteiger partial charge in [0.05, 0.1) is 19.3 Å². The predicted octanol–water partition coefficient (Wildman–Crippen LogP) is 1.12. The van der Waals surface area contributed by atoms with Gasteiger partial charge in [-0.3, -0.25) is 9.69 Å².